The van der Waals surface area contributed by atoms with Crippen LogP contribution in [0.5, 0.6) is 0 Å². The molecule has 24 heavy (non-hydrogen) atoms. The minimum Gasteiger partial charge on any atom is -0.329 e. The van der Waals surface area contributed by atoms with E-state index in [2.05, 4.69) is 9.97 Å². The molecular weight excluding hydrogens is 315 g/mol. The van der Waals surface area contributed by atoms with Crippen molar-refractivity contribution in [3.63, 3.8) is 0 Å². The van der Waals surface area contributed by atoms with E-state index in [1.54, 1.807) is 61.6 Å². The fraction of sp³-hybridized carbons (Fsp3) is 0.111. The lowest BCUT2D eigenvalue weighted by atomic mass is 10.2. The standard InChI is InChI=1S/C18H14F3N3/c1-24(14-10-6-3-7-11-14)17-15(18(19,20)21)12-22-16(23-17)13-8-4-2-5-9-13/h2-12H,1H3. The first-order chi connectivity index (χ1) is 11.5. The fourth-order valence-electron chi connectivity index (χ4n) is 2.33. The van der Waals surface area contributed by atoms with Gasteiger partial charge in [-0.3, -0.25) is 0 Å². The monoisotopic (exact) mass is 329 g/mol. The maximum atomic E-state index is 13.4. The Bertz CT molecular complexity index is 818. The molecular formula is C18H14F3N3. The number of nitrogens with zero attached hydrogens (tertiary/aromatic N) is 3. The number of halogens is 3. The van der Waals surface area contributed by atoms with Gasteiger partial charge in [-0.2, -0.15) is 13.2 Å². The summed E-state index contributed by atoms with van der Waals surface area (Å²) in [6.07, 6.45) is -3.70. The van der Waals surface area contributed by atoms with Crippen molar-refractivity contribution in [2.45, 2.75) is 6.18 Å². The summed E-state index contributed by atoms with van der Waals surface area (Å²) < 4.78 is 40.1. The van der Waals surface area contributed by atoms with Crippen LogP contribution in [0.25, 0.3) is 11.4 Å². The molecule has 0 fully saturated rings. The van der Waals surface area contributed by atoms with Crippen LogP contribution in [0.3, 0.4) is 0 Å². The van der Waals surface area contributed by atoms with Crippen molar-refractivity contribution < 1.29 is 13.2 Å². The lowest BCUT2D eigenvalue weighted by Gasteiger charge is -2.22. The van der Waals surface area contributed by atoms with E-state index in [0.717, 1.165) is 6.20 Å². The minimum absolute atomic E-state index is 0.178. The van der Waals surface area contributed by atoms with Gasteiger partial charge in [0.2, 0.25) is 0 Å². The summed E-state index contributed by atoms with van der Waals surface area (Å²) in [4.78, 5) is 9.49. The zero-order valence-electron chi connectivity index (χ0n) is 12.8. The van der Waals surface area contributed by atoms with Gasteiger partial charge in [-0.05, 0) is 12.1 Å². The Morgan fingerprint density at radius 1 is 0.875 bits per heavy atom. The molecule has 122 valence electrons. The molecule has 3 nitrogen and oxygen atoms in total. The SMILES string of the molecule is CN(c1ccccc1)c1nc(-c2ccccc2)ncc1C(F)(F)F. The summed E-state index contributed by atoms with van der Waals surface area (Å²) in [6.45, 7) is 0. The molecule has 0 atom stereocenters. The molecule has 0 amide bonds. The van der Waals surface area contributed by atoms with Crippen molar-refractivity contribution in [2.75, 3.05) is 11.9 Å². The quantitative estimate of drug-likeness (QED) is 0.682. The summed E-state index contributed by atoms with van der Waals surface area (Å²) in [5.41, 5.74) is 0.406. The van der Waals surface area contributed by atoms with E-state index in [4.69, 9.17) is 0 Å². The summed E-state index contributed by atoms with van der Waals surface area (Å²) in [6, 6.07) is 17.7. The lowest BCUT2D eigenvalue weighted by Crippen LogP contribution is -2.19. The fourth-order valence-corrected chi connectivity index (χ4v) is 2.33. The van der Waals surface area contributed by atoms with Gasteiger partial charge in [-0.15, -0.1) is 0 Å². The molecule has 0 spiro atoms. The van der Waals surface area contributed by atoms with Crippen molar-refractivity contribution in [3.8, 4) is 11.4 Å². The molecule has 1 aromatic heterocycles. The van der Waals surface area contributed by atoms with Crippen LogP contribution in [-0.4, -0.2) is 17.0 Å². The second-order valence-electron chi connectivity index (χ2n) is 5.19. The van der Waals surface area contributed by atoms with Crippen LogP contribution in [-0.2, 0) is 6.18 Å². The van der Waals surface area contributed by atoms with Crippen molar-refractivity contribution in [1.29, 1.82) is 0 Å². The molecule has 2 aromatic carbocycles. The maximum absolute atomic E-state index is 13.4. The van der Waals surface area contributed by atoms with Crippen molar-refractivity contribution in [3.05, 3.63) is 72.4 Å². The number of rotatable bonds is 3. The molecule has 0 aliphatic rings. The summed E-state index contributed by atoms with van der Waals surface area (Å²) in [5, 5.41) is 0. The molecule has 0 aliphatic heterocycles. The maximum Gasteiger partial charge on any atom is 0.421 e. The Kier molecular flexibility index (Phi) is 4.20. The van der Waals surface area contributed by atoms with Crippen LogP contribution < -0.4 is 4.90 Å². The van der Waals surface area contributed by atoms with Gasteiger partial charge in [0.15, 0.2) is 5.82 Å². The number of benzene rings is 2. The molecule has 0 unspecified atom stereocenters. The predicted octanol–water partition coefficient (Wildman–Crippen LogP) is 4.93. The third-order valence-corrected chi connectivity index (χ3v) is 3.57. The highest BCUT2D eigenvalue weighted by Crippen LogP contribution is 2.37. The van der Waals surface area contributed by atoms with Gasteiger partial charge in [-0.25, -0.2) is 9.97 Å². The van der Waals surface area contributed by atoms with Crippen LogP contribution in [0.2, 0.25) is 0 Å². The normalized spacial score (nSPS) is 11.3. The second kappa shape index (κ2) is 6.31. The lowest BCUT2D eigenvalue weighted by molar-refractivity contribution is -0.137. The molecule has 1 heterocycles. The Labute approximate surface area is 137 Å². The van der Waals surface area contributed by atoms with Gasteiger partial charge in [0, 0.05) is 24.5 Å². The van der Waals surface area contributed by atoms with Crippen molar-refractivity contribution >= 4 is 11.5 Å². The number of hydrogen-bond acceptors (Lipinski definition) is 3. The van der Waals surface area contributed by atoms with Crippen LogP contribution in [0.15, 0.2) is 66.9 Å². The number of para-hydroxylation sites is 1. The summed E-state index contributed by atoms with van der Waals surface area (Å²) in [7, 11) is 1.56. The van der Waals surface area contributed by atoms with Gasteiger partial charge >= 0.3 is 6.18 Å². The Morgan fingerprint density at radius 2 is 1.46 bits per heavy atom. The van der Waals surface area contributed by atoms with Gasteiger partial charge < -0.3 is 4.90 Å². The molecule has 0 N–H and O–H groups in total. The van der Waals surface area contributed by atoms with Crippen molar-refractivity contribution in [2.24, 2.45) is 0 Å². The predicted molar refractivity (Wildman–Crippen MR) is 87.0 cm³/mol. The molecule has 6 heteroatoms. The molecule has 0 saturated heterocycles. The molecule has 3 aromatic rings. The van der Waals surface area contributed by atoms with E-state index >= 15 is 0 Å². The zero-order chi connectivity index (χ0) is 17.2. The third kappa shape index (κ3) is 3.22. The number of aromatic nitrogens is 2. The van der Waals surface area contributed by atoms with Gasteiger partial charge in [0.1, 0.15) is 11.4 Å². The summed E-state index contributed by atoms with van der Waals surface area (Å²) in [5.74, 6) is 0.0731. The molecule has 0 radical (unpaired) electrons. The minimum atomic E-state index is -4.53. The summed E-state index contributed by atoms with van der Waals surface area (Å²) >= 11 is 0. The van der Waals surface area contributed by atoms with Gasteiger partial charge in [0.05, 0.1) is 0 Å². The average Bonchev–Trinajstić information content (AvgIpc) is 2.61. The zero-order valence-corrected chi connectivity index (χ0v) is 12.8. The number of hydrogen-bond donors (Lipinski definition) is 0. The highest BCUT2D eigenvalue weighted by atomic mass is 19.4. The van der Waals surface area contributed by atoms with E-state index in [-0.39, 0.29) is 11.6 Å². The molecule has 0 bridgehead atoms. The number of alkyl halides is 3. The van der Waals surface area contributed by atoms with Crippen LogP contribution in [0.1, 0.15) is 5.56 Å². The van der Waals surface area contributed by atoms with Crippen LogP contribution in [0.4, 0.5) is 24.7 Å². The van der Waals surface area contributed by atoms with E-state index in [9.17, 15) is 13.2 Å². The van der Waals surface area contributed by atoms with E-state index in [1.807, 2.05) is 6.07 Å². The number of anilines is 2. The highest BCUT2D eigenvalue weighted by Gasteiger charge is 2.36. The van der Waals surface area contributed by atoms with Crippen LogP contribution >= 0.6 is 0 Å². The smallest absolute Gasteiger partial charge is 0.329 e. The largest absolute Gasteiger partial charge is 0.421 e. The average molecular weight is 329 g/mol. The van der Waals surface area contributed by atoms with Crippen molar-refractivity contribution in [1.82, 2.24) is 9.97 Å². The third-order valence-electron chi connectivity index (χ3n) is 3.57. The van der Waals surface area contributed by atoms with Crippen LogP contribution in [0, 0.1) is 0 Å². The highest BCUT2D eigenvalue weighted by molar-refractivity contribution is 5.65. The second-order valence-corrected chi connectivity index (χ2v) is 5.19. The molecule has 0 saturated carbocycles. The first-order valence-corrected chi connectivity index (χ1v) is 7.25. The van der Waals surface area contributed by atoms with E-state index in [0.29, 0.717) is 11.3 Å². The van der Waals surface area contributed by atoms with E-state index < -0.39 is 11.7 Å². The Balaban J connectivity index is 2.13. The Hall–Kier alpha value is -2.89. The Morgan fingerprint density at radius 3 is 2.04 bits per heavy atom. The topological polar surface area (TPSA) is 29.0 Å². The van der Waals surface area contributed by atoms with E-state index in [1.165, 1.54) is 4.90 Å². The molecule has 0 aliphatic carbocycles. The first-order valence-electron chi connectivity index (χ1n) is 7.25. The first kappa shape index (κ1) is 16.0. The van der Waals surface area contributed by atoms with Gasteiger partial charge in [0.25, 0.3) is 0 Å². The molecule has 3 rings (SSSR count). The van der Waals surface area contributed by atoms with Gasteiger partial charge in [-0.1, -0.05) is 48.5 Å².